The molecule has 17 heteroatoms. The van der Waals surface area contributed by atoms with Crippen LogP contribution in [0.25, 0.3) is 16.6 Å². The minimum atomic E-state index is -2.89. The number of aryl methyl sites for hydroxylation is 1. The van der Waals surface area contributed by atoms with Gasteiger partial charge in [-0.15, -0.1) is 5.10 Å². The van der Waals surface area contributed by atoms with Crippen molar-refractivity contribution in [3.05, 3.63) is 76.9 Å². The number of carbonyl (C=O) groups excluding carboxylic acids is 3. The normalized spacial score (nSPS) is 14.6. The van der Waals surface area contributed by atoms with Crippen LogP contribution in [0.15, 0.2) is 61.1 Å². The van der Waals surface area contributed by atoms with Crippen molar-refractivity contribution < 1.29 is 23.2 Å². The molecule has 3 amide bonds. The third kappa shape index (κ3) is 5.83. The molecule has 1 saturated heterocycles. The maximum atomic E-state index is 13.7. The molecule has 1 atom stereocenters. The van der Waals surface area contributed by atoms with Gasteiger partial charge < -0.3 is 10.2 Å². The summed E-state index contributed by atoms with van der Waals surface area (Å²) in [6.45, 7) is -3.82. The van der Waals surface area contributed by atoms with Gasteiger partial charge in [0.1, 0.15) is 19.1 Å². The fourth-order valence-corrected chi connectivity index (χ4v) is 5.29. The van der Waals surface area contributed by atoms with E-state index in [4.69, 9.17) is 23.2 Å². The van der Waals surface area contributed by atoms with E-state index in [1.807, 2.05) is 0 Å². The number of carbonyl (C=O) groups is 3. The summed E-state index contributed by atoms with van der Waals surface area (Å²) in [5.74, 6) is -1.72. The van der Waals surface area contributed by atoms with Crippen molar-refractivity contribution in [2.45, 2.75) is 19.0 Å². The van der Waals surface area contributed by atoms with Crippen molar-refractivity contribution >= 4 is 63.2 Å². The number of amides is 3. The van der Waals surface area contributed by atoms with Crippen molar-refractivity contribution in [3.8, 4) is 5.69 Å². The molecule has 226 valence electrons. The van der Waals surface area contributed by atoms with E-state index in [9.17, 15) is 23.2 Å². The van der Waals surface area contributed by atoms with Gasteiger partial charge >= 0.3 is 6.55 Å². The van der Waals surface area contributed by atoms with Crippen molar-refractivity contribution in [1.29, 1.82) is 0 Å². The molecule has 1 aliphatic heterocycles. The topological polar surface area (TPSA) is 136 Å². The van der Waals surface area contributed by atoms with Crippen LogP contribution >= 0.6 is 23.2 Å². The number of hydrogen-bond donors (Lipinski definition) is 1. The van der Waals surface area contributed by atoms with Gasteiger partial charge in [0.15, 0.2) is 5.15 Å². The second-order valence-electron chi connectivity index (χ2n) is 9.97. The summed E-state index contributed by atoms with van der Waals surface area (Å²) in [4.78, 5) is 43.3. The number of rotatable bonds is 8. The van der Waals surface area contributed by atoms with Gasteiger partial charge in [0.2, 0.25) is 17.7 Å². The predicted octanol–water partition coefficient (Wildman–Crippen LogP) is 3.48. The molecule has 4 heterocycles. The van der Waals surface area contributed by atoms with Gasteiger partial charge in [0.05, 0.1) is 28.8 Å². The average molecular weight is 643 g/mol. The molecule has 5 aromatic rings. The monoisotopic (exact) mass is 642 g/mol. The van der Waals surface area contributed by atoms with Crippen LogP contribution in [0.1, 0.15) is 12.2 Å². The largest absolute Gasteiger partial charge is 0.333 e. The lowest BCUT2D eigenvalue weighted by molar-refractivity contribution is -0.143. The third-order valence-corrected chi connectivity index (χ3v) is 7.40. The Morgan fingerprint density at radius 1 is 1.00 bits per heavy atom. The van der Waals surface area contributed by atoms with Crippen molar-refractivity contribution in [2.24, 2.45) is 7.05 Å². The SMILES string of the molecule is Cn1cc2cc(NC(=O)C(Cc3ccn(C(F)F)n3)N3CC(=O)N(c4cc(Cl)ccc4-n4cc(Cl)nn4)CC3=O)ccc2n1. The first-order valence-corrected chi connectivity index (χ1v) is 13.9. The van der Waals surface area contributed by atoms with Gasteiger partial charge in [-0.1, -0.05) is 28.4 Å². The molecule has 0 spiro atoms. The van der Waals surface area contributed by atoms with E-state index in [0.29, 0.717) is 26.6 Å². The number of benzene rings is 2. The molecule has 0 radical (unpaired) electrons. The third-order valence-electron chi connectivity index (χ3n) is 6.99. The van der Waals surface area contributed by atoms with Crippen LogP contribution in [-0.2, 0) is 27.9 Å². The average Bonchev–Trinajstić information content (AvgIpc) is 3.72. The molecule has 0 saturated carbocycles. The molecular weight excluding hydrogens is 621 g/mol. The smallest absolute Gasteiger partial charge is 0.324 e. The second kappa shape index (κ2) is 11.7. The lowest BCUT2D eigenvalue weighted by Gasteiger charge is -2.38. The Kier molecular flexibility index (Phi) is 7.73. The van der Waals surface area contributed by atoms with Gasteiger partial charge in [-0.05, 0) is 42.5 Å². The predicted molar refractivity (Wildman–Crippen MR) is 156 cm³/mol. The van der Waals surface area contributed by atoms with Gasteiger partial charge in [-0.25, -0.2) is 9.36 Å². The van der Waals surface area contributed by atoms with Crippen LogP contribution in [0.3, 0.4) is 0 Å². The Balaban J connectivity index is 1.30. The Labute approximate surface area is 257 Å². The highest BCUT2D eigenvalue weighted by molar-refractivity contribution is 6.31. The lowest BCUT2D eigenvalue weighted by Crippen LogP contribution is -2.60. The molecule has 44 heavy (non-hydrogen) atoms. The number of nitrogens with one attached hydrogen (secondary N) is 1. The van der Waals surface area contributed by atoms with Crippen LogP contribution in [0.5, 0.6) is 0 Å². The van der Waals surface area contributed by atoms with E-state index >= 15 is 0 Å². The van der Waals surface area contributed by atoms with Gasteiger partial charge in [-0.3, -0.25) is 24.0 Å². The number of piperazine rings is 1. The molecule has 0 aliphatic carbocycles. The minimum absolute atomic E-state index is 0.115. The highest BCUT2D eigenvalue weighted by atomic mass is 35.5. The quantitative estimate of drug-likeness (QED) is 0.274. The second-order valence-corrected chi connectivity index (χ2v) is 10.8. The highest BCUT2D eigenvalue weighted by Gasteiger charge is 2.39. The van der Waals surface area contributed by atoms with Crippen molar-refractivity contribution in [1.82, 2.24) is 39.5 Å². The van der Waals surface area contributed by atoms with E-state index in [2.05, 4.69) is 25.8 Å². The molecular formula is C27H22Cl2F2N10O3. The van der Waals surface area contributed by atoms with Crippen LogP contribution in [0.2, 0.25) is 10.2 Å². The van der Waals surface area contributed by atoms with Crippen LogP contribution in [-0.4, -0.2) is 76.3 Å². The number of aromatic nitrogens is 7. The van der Waals surface area contributed by atoms with Crippen LogP contribution in [0.4, 0.5) is 20.2 Å². The first-order chi connectivity index (χ1) is 21.0. The maximum absolute atomic E-state index is 13.7. The summed E-state index contributed by atoms with van der Waals surface area (Å²) >= 11 is 12.2. The molecule has 6 rings (SSSR count). The van der Waals surface area contributed by atoms with Crippen LogP contribution in [0, 0.1) is 0 Å². The van der Waals surface area contributed by atoms with Gasteiger partial charge in [0, 0.05) is 42.0 Å². The Bertz CT molecular complexity index is 1910. The lowest BCUT2D eigenvalue weighted by atomic mass is 10.1. The molecule has 1 aliphatic rings. The van der Waals surface area contributed by atoms with Gasteiger partial charge in [-0.2, -0.15) is 19.0 Å². The zero-order valence-electron chi connectivity index (χ0n) is 22.8. The standard InChI is InChI=1S/C27H22Cl2F2N10O3/c1-37-11-15-8-17(3-4-19(15)35-37)32-26(44)22(10-18-6-7-40(34-18)27(30)31)39-14-24(42)38(13-25(39)43)21-9-16(28)2-5-20(21)41-12-23(29)33-36-41/h2-9,11-12,22,27H,10,13-14H2,1H3,(H,32,44). The van der Waals surface area contributed by atoms with E-state index in [1.165, 1.54) is 27.9 Å². The number of hydrogen-bond acceptors (Lipinski definition) is 7. The Morgan fingerprint density at radius 3 is 2.55 bits per heavy atom. The van der Waals surface area contributed by atoms with E-state index < -0.39 is 43.4 Å². The molecule has 3 aromatic heterocycles. The number of alkyl halides is 2. The maximum Gasteiger partial charge on any atom is 0.333 e. The molecule has 2 aromatic carbocycles. The van der Waals surface area contributed by atoms with Gasteiger partial charge in [0.25, 0.3) is 0 Å². The van der Waals surface area contributed by atoms with E-state index in [-0.39, 0.29) is 23.0 Å². The zero-order valence-corrected chi connectivity index (χ0v) is 24.3. The summed E-state index contributed by atoms with van der Waals surface area (Å²) < 4.78 is 29.9. The first kappa shape index (κ1) is 29.2. The number of anilines is 2. The number of halogens is 4. The van der Waals surface area contributed by atoms with E-state index in [0.717, 1.165) is 16.5 Å². The fourth-order valence-electron chi connectivity index (χ4n) is 4.99. The Morgan fingerprint density at radius 2 is 1.82 bits per heavy atom. The highest BCUT2D eigenvalue weighted by Crippen LogP contribution is 2.30. The molecule has 1 unspecified atom stereocenters. The first-order valence-electron chi connectivity index (χ1n) is 13.1. The summed E-state index contributed by atoms with van der Waals surface area (Å²) in [5.41, 5.74) is 1.94. The number of fused-ring (bicyclic) bond motifs is 1. The molecule has 13 nitrogen and oxygen atoms in total. The van der Waals surface area contributed by atoms with Crippen molar-refractivity contribution in [2.75, 3.05) is 23.3 Å². The molecule has 1 N–H and O–H groups in total. The summed E-state index contributed by atoms with van der Waals surface area (Å²) in [6, 6.07) is 9.85. The number of nitrogens with zero attached hydrogens (tertiary/aromatic N) is 9. The summed E-state index contributed by atoms with van der Waals surface area (Å²) in [5, 5.41) is 19.8. The summed E-state index contributed by atoms with van der Waals surface area (Å²) in [6.07, 6.45) is 4.06. The van der Waals surface area contributed by atoms with E-state index in [1.54, 1.807) is 48.3 Å². The Hall–Kier alpha value is -4.89. The molecule has 1 fully saturated rings. The molecule has 0 bridgehead atoms. The van der Waals surface area contributed by atoms with Crippen LogP contribution < -0.4 is 10.2 Å². The van der Waals surface area contributed by atoms with Crippen molar-refractivity contribution in [3.63, 3.8) is 0 Å². The summed E-state index contributed by atoms with van der Waals surface area (Å²) in [7, 11) is 1.77. The minimum Gasteiger partial charge on any atom is -0.324 e. The zero-order chi connectivity index (χ0) is 31.1. The fraction of sp³-hybridized carbons (Fsp3) is 0.222.